The minimum Gasteiger partial charge on any atom is -0.337 e. The third kappa shape index (κ3) is 3.14. The molecular formula is C16H20N2O. The smallest absolute Gasteiger partial charge is 0.228 e. The Morgan fingerprint density at radius 1 is 1.26 bits per heavy atom. The van der Waals surface area contributed by atoms with Gasteiger partial charge in [0.25, 0.3) is 0 Å². The lowest BCUT2D eigenvalue weighted by molar-refractivity contribution is -0.123. The third-order valence-electron chi connectivity index (χ3n) is 3.98. The van der Waals surface area contributed by atoms with E-state index in [4.69, 9.17) is 0 Å². The largest absolute Gasteiger partial charge is 0.337 e. The van der Waals surface area contributed by atoms with Crippen molar-refractivity contribution in [2.24, 2.45) is 0 Å². The highest BCUT2D eigenvalue weighted by Crippen LogP contribution is 2.28. The van der Waals surface area contributed by atoms with Gasteiger partial charge in [0.1, 0.15) is 5.54 Å². The van der Waals surface area contributed by atoms with Crippen LogP contribution in [0.4, 0.5) is 0 Å². The third-order valence-corrected chi connectivity index (χ3v) is 3.98. The van der Waals surface area contributed by atoms with Crippen LogP contribution in [-0.2, 0) is 4.79 Å². The molecule has 1 aliphatic carbocycles. The van der Waals surface area contributed by atoms with E-state index in [1.807, 2.05) is 37.3 Å². The van der Waals surface area contributed by atoms with Gasteiger partial charge in [-0.3, -0.25) is 4.79 Å². The summed E-state index contributed by atoms with van der Waals surface area (Å²) in [5.41, 5.74) is 0.349. The summed E-state index contributed by atoms with van der Waals surface area (Å²) >= 11 is 0. The molecule has 1 amide bonds. The van der Waals surface area contributed by atoms with Crippen molar-refractivity contribution in [2.75, 3.05) is 0 Å². The Bertz CT molecular complexity index is 469. The molecule has 1 N–H and O–H groups in total. The minimum absolute atomic E-state index is 0.0466. The van der Waals surface area contributed by atoms with Gasteiger partial charge in [-0.05, 0) is 25.3 Å². The molecule has 0 bridgehead atoms. The van der Waals surface area contributed by atoms with Crippen molar-refractivity contribution in [3.8, 4) is 6.07 Å². The average molecular weight is 256 g/mol. The topological polar surface area (TPSA) is 52.9 Å². The van der Waals surface area contributed by atoms with Crippen LogP contribution in [0.3, 0.4) is 0 Å². The number of carbonyl (C=O) groups is 1. The molecule has 1 aromatic rings. The normalized spacial score (nSPS) is 19.2. The first kappa shape index (κ1) is 13.6. The molecule has 1 unspecified atom stereocenters. The van der Waals surface area contributed by atoms with E-state index in [1.54, 1.807) is 0 Å². The molecule has 1 atom stereocenters. The molecule has 100 valence electrons. The van der Waals surface area contributed by atoms with E-state index < -0.39 is 5.54 Å². The predicted octanol–water partition coefficient (Wildman–Crippen LogP) is 3.13. The van der Waals surface area contributed by atoms with Crippen molar-refractivity contribution in [1.82, 2.24) is 5.32 Å². The Hall–Kier alpha value is -1.82. The molecule has 0 spiro atoms. The van der Waals surface area contributed by atoms with E-state index in [0.717, 1.165) is 37.7 Å². The molecule has 3 nitrogen and oxygen atoms in total. The summed E-state index contributed by atoms with van der Waals surface area (Å²) in [5.74, 6) is -0.261. The number of benzene rings is 1. The van der Waals surface area contributed by atoms with Crippen LogP contribution in [0.1, 0.15) is 50.5 Å². The van der Waals surface area contributed by atoms with Crippen LogP contribution in [0.15, 0.2) is 30.3 Å². The van der Waals surface area contributed by atoms with Crippen molar-refractivity contribution in [1.29, 1.82) is 5.26 Å². The van der Waals surface area contributed by atoms with Crippen LogP contribution in [-0.4, -0.2) is 11.4 Å². The average Bonchev–Trinajstić information content (AvgIpc) is 2.48. The Balaban J connectivity index is 2.06. The van der Waals surface area contributed by atoms with E-state index >= 15 is 0 Å². The summed E-state index contributed by atoms with van der Waals surface area (Å²) in [6.45, 7) is 1.89. The molecule has 1 saturated carbocycles. The van der Waals surface area contributed by atoms with Gasteiger partial charge in [-0.2, -0.15) is 5.26 Å². The first-order chi connectivity index (χ1) is 9.17. The van der Waals surface area contributed by atoms with Gasteiger partial charge >= 0.3 is 0 Å². The molecule has 0 saturated heterocycles. The first-order valence-corrected chi connectivity index (χ1v) is 6.95. The van der Waals surface area contributed by atoms with E-state index in [9.17, 15) is 10.1 Å². The summed E-state index contributed by atoms with van der Waals surface area (Å²) in [4.78, 5) is 12.3. The number of hydrogen-bond donors (Lipinski definition) is 1. The van der Waals surface area contributed by atoms with E-state index in [-0.39, 0.29) is 11.8 Å². The second-order valence-electron chi connectivity index (χ2n) is 5.38. The molecule has 0 radical (unpaired) electrons. The number of hydrogen-bond acceptors (Lipinski definition) is 2. The predicted molar refractivity (Wildman–Crippen MR) is 74.4 cm³/mol. The highest BCUT2D eigenvalue weighted by molar-refractivity contribution is 5.84. The molecule has 0 aliphatic heterocycles. The highest BCUT2D eigenvalue weighted by atomic mass is 16.2. The number of nitrogens with one attached hydrogen (secondary N) is 1. The van der Waals surface area contributed by atoms with Gasteiger partial charge in [-0.25, -0.2) is 0 Å². The van der Waals surface area contributed by atoms with Crippen LogP contribution in [0.2, 0.25) is 0 Å². The maximum Gasteiger partial charge on any atom is 0.228 e. The maximum absolute atomic E-state index is 12.3. The molecule has 19 heavy (non-hydrogen) atoms. The molecule has 1 aliphatic rings. The van der Waals surface area contributed by atoms with E-state index in [1.165, 1.54) is 0 Å². The van der Waals surface area contributed by atoms with E-state index in [2.05, 4.69) is 11.4 Å². The van der Waals surface area contributed by atoms with Crippen molar-refractivity contribution in [2.45, 2.75) is 50.5 Å². The number of amides is 1. The number of carbonyl (C=O) groups excluding carboxylic acids is 1. The zero-order valence-corrected chi connectivity index (χ0v) is 11.4. The van der Waals surface area contributed by atoms with E-state index in [0.29, 0.717) is 0 Å². The van der Waals surface area contributed by atoms with Crippen LogP contribution in [0.25, 0.3) is 0 Å². The summed E-state index contributed by atoms with van der Waals surface area (Å²) in [5, 5.41) is 12.4. The van der Waals surface area contributed by atoms with Gasteiger partial charge in [-0.1, -0.05) is 49.6 Å². The second kappa shape index (κ2) is 5.88. The SMILES string of the molecule is CC(C(=O)NC1(C#N)CCCCC1)c1ccccc1. The van der Waals surface area contributed by atoms with Crippen LogP contribution in [0.5, 0.6) is 0 Å². The van der Waals surface area contributed by atoms with Gasteiger partial charge in [0.2, 0.25) is 5.91 Å². The van der Waals surface area contributed by atoms with Crippen molar-refractivity contribution < 1.29 is 4.79 Å². The number of nitrogens with zero attached hydrogens (tertiary/aromatic N) is 1. The van der Waals surface area contributed by atoms with Crippen molar-refractivity contribution >= 4 is 5.91 Å². The lowest BCUT2D eigenvalue weighted by Gasteiger charge is -2.32. The molecule has 3 heteroatoms. The zero-order valence-electron chi connectivity index (χ0n) is 11.4. The molecule has 1 fully saturated rings. The summed E-state index contributed by atoms with van der Waals surface area (Å²) in [6.07, 6.45) is 4.75. The molecule has 0 aromatic heterocycles. The monoisotopic (exact) mass is 256 g/mol. The quantitative estimate of drug-likeness (QED) is 0.903. The van der Waals surface area contributed by atoms with Gasteiger partial charge < -0.3 is 5.32 Å². The highest BCUT2D eigenvalue weighted by Gasteiger charge is 2.34. The number of nitriles is 1. The Kier molecular flexibility index (Phi) is 4.21. The van der Waals surface area contributed by atoms with Gasteiger partial charge in [0.15, 0.2) is 0 Å². The molecule has 1 aromatic carbocycles. The number of rotatable bonds is 3. The van der Waals surface area contributed by atoms with Gasteiger partial charge in [-0.15, -0.1) is 0 Å². The zero-order chi connectivity index (χ0) is 13.7. The van der Waals surface area contributed by atoms with Crippen molar-refractivity contribution in [3.63, 3.8) is 0 Å². The second-order valence-corrected chi connectivity index (χ2v) is 5.38. The van der Waals surface area contributed by atoms with Gasteiger partial charge in [0.05, 0.1) is 12.0 Å². The fraction of sp³-hybridized carbons (Fsp3) is 0.500. The first-order valence-electron chi connectivity index (χ1n) is 6.95. The van der Waals surface area contributed by atoms with Crippen molar-refractivity contribution in [3.05, 3.63) is 35.9 Å². The van der Waals surface area contributed by atoms with Crippen LogP contribution in [0, 0.1) is 11.3 Å². The van der Waals surface area contributed by atoms with Gasteiger partial charge in [0, 0.05) is 0 Å². The summed E-state index contributed by atoms with van der Waals surface area (Å²) in [6, 6.07) is 12.0. The fourth-order valence-corrected chi connectivity index (χ4v) is 2.66. The van der Waals surface area contributed by atoms with Crippen LogP contribution >= 0.6 is 0 Å². The lowest BCUT2D eigenvalue weighted by Crippen LogP contribution is -2.49. The Labute approximate surface area is 114 Å². The minimum atomic E-state index is -0.641. The fourth-order valence-electron chi connectivity index (χ4n) is 2.66. The summed E-state index contributed by atoms with van der Waals surface area (Å²) < 4.78 is 0. The summed E-state index contributed by atoms with van der Waals surface area (Å²) in [7, 11) is 0. The molecule has 2 rings (SSSR count). The molecular weight excluding hydrogens is 236 g/mol. The maximum atomic E-state index is 12.3. The Morgan fingerprint density at radius 3 is 2.47 bits per heavy atom. The molecule has 0 heterocycles. The Morgan fingerprint density at radius 2 is 1.89 bits per heavy atom. The van der Waals surface area contributed by atoms with Crippen LogP contribution < -0.4 is 5.32 Å². The standard InChI is InChI=1S/C16H20N2O/c1-13(14-8-4-2-5-9-14)15(19)18-16(12-17)10-6-3-7-11-16/h2,4-5,8-9,13H,3,6-7,10-11H2,1H3,(H,18,19). The lowest BCUT2D eigenvalue weighted by atomic mass is 9.82.